The van der Waals surface area contributed by atoms with Gasteiger partial charge >= 0.3 is 5.69 Å². The van der Waals surface area contributed by atoms with Gasteiger partial charge in [-0.15, -0.1) is 0 Å². The molecule has 0 amide bonds. The van der Waals surface area contributed by atoms with Gasteiger partial charge in [0.1, 0.15) is 6.23 Å². The van der Waals surface area contributed by atoms with E-state index < -0.39 is 23.6 Å². The lowest BCUT2D eigenvalue weighted by atomic mass is 10.0. The van der Waals surface area contributed by atoms with E-state index in [2.05, 4.69) is 4.98 Å². The summed E-state index contributed by atoms with van der Waals surface area (Å²) in [6.07, 6.45) is 0.439. The van der Waals surface area contributed by atoms with Crippen molar-refractivity contribution in [1.29, 1.82) is 0 Å². The number of hydrogen-bond acceptors (Lipinski definition) is 4. The lowest BCUT2D eigenvalue weighted by Gasteiger charge is -2.19. The van der Waals surface area contributed by atoms with Gasteiger partial charge in [0.2, 0.25) is 0 Å². The Hall–Kier alpha value is -1.40. The third-order valence-electron chi connectivity index (χ3n) is 3.25. The van der Waals surface area contributed by atoms with Crippen molar-refractivity contribution < 1.29 is 9.84 Å². The molecule has 1 aromatic heterocycles. The molecule has 1 fully saturated rings. The Labute approximate surface area is 104 Å². The molecule has 0 spiro atoms. The molecular formula is C12H18N2O4. The monoisotopic (exact) mass is 254 g/mol. The fourth-order valence-electron chi connectivity index (χ4n) is 2.25. The minimum absolute atomic E-state index is 0.171. The first kappa shape index (κ1) is 13.0. The molecular weight excluding hydrogens is 236 g/mol. The largest absolute Gasteiger partial charge is 0.390 e. The van der Waals surface area contributed by atoms with Crippen LogP contribution < -0.4 is 11.2 Å². The van der Waals surface area contributed by atoms with Crippen molar-refractivity contribution in [1.82, 2.24) is 9.55 Å². The van der Waals surface area contributed by atoms with E-state index in [9.17, 15) is 14.7 Å². The molecule has 0 radical (unpaired) electrons. The molecule has 1 saturated heterocycles. The van der Waals surface area contributed by atoms with Crippen molar-refractivity contribution in [3.05, 3.63) is 32.6 Å². The zero-order valence-electron chi connectivity index (χ0n) is 10.7. The van der Waals surface area contributed by atoms with E-state index in [1.807, 2.05) is 13.8 Å². The third-order valence-corrected chi connectivity index (χ3v) is 3.25. The van der Waals surface area contributed by atoms with E-state index in [0.29, 0.717) is 12.0 Å². The van der Waals surface area contributed by atoms with E-state index in [0.717, 1.165) is 0 Å². The summed E-state index contributed by atoms with van der Waals surface area (Å²) in [5.74, 6) is 0.171. The SMILES string of the molecule is Cc1cn([C@H]2C[C@@H](O)[C@@H](C(C)C)O2)c(=O)[nH]c1=O. The second kappa shape index (κ2) is 4.70. The van der Waals surface area contributed by atoms with Gasteiger partial charge in [0.05, 0.1) is 12.2 Å². The number of nitrogens with one attached hydrogen (secondary N) is 1. The number of H-pyrrole nitrogens is 1. The lowest BCUT2D eigenvalue weighted by molar-refractivity contribution is -0.0431. The van der Waals surface area contributed by atoms with Crippen molar-refractivity contribution in [2.24, 2.45) is 5.92 Å². The molecule has 3 atom stereocenters. The quantitative estimate of drug-likeness (QED) is 0.786. The molecule has 1 aromatic rings. The summed E-state index contributed by atoms with van der Waals surface area (Å²) < 4.78 is 7.02. The van der Waals surface area contributed by atoms with Gasteiger partial charge in [-0.2, -0.15) is 0 Å². The van der Waals surface area contributed by atoms with Crippen LogP contribution in [0.25, 0.3) is 0 Å². The fourth-order valence-corrected chi connectivity index (χ4v) is 2.25. The Bertz CT molecular complexity index is 546. The number of hydrogen-bond donors (Lipinski definition) is 2. The van der Waals surface area contributed by atoms with Crippen LogP contribution in [-0.4, -0.2) is 26.9 Å². The molecule has 6 nitrogen and oxygen atoms in total. The van der Waals surface area contributed by atoms with Crippen LogP contribution in [0, 0.1) is 12.8 Å². The molecule has 1 aliphatic heterocycles. The molecule has 2 heterocycles. The highest BCUT2D eigenvalue weighted by atomic mass is 16.5. The van der Waals surface area contributed by atoms with Gasteiger partial charge < -0.3 is 9.84 Å². The minimum Gasteiger partial charge on any atom is -0.390 e. The van der Waals surface area contributed by atoms with Gasteiger partial charge in [-0.1, -0.05) is 13.8 Å². The van der Waals surface area contributed by atoms with E-state index in [4.69, 9.17) is 4.74 Å². The maximum Gasteiger partial charge on any atom is 0.330 e. The molecule has 1 aliphatic rings. The first-order chi connectivity index (χ1) is 8.40. The molecule has 0 aromatic carbocycles. The molecule has 0 saturated carbocycles. The molecule has 0 aliphatic carbocycles. The smallest absolute Gasteiger partial charge is 0.330 e. The number of ether oxygens (including phenoxy) is 1. The van der Waals surface area contributed by atoms with Crippen LogP contribution in [0.1, 0.15) is 32.1 Å². The predicted octanol–water partition coefficient (Wildman–Crippen LogP) is 0.149. The van der Waals surface area contributed by atoms with Gasteiger partial charge in [0.15, 0.2) is 0 Å². The van der Waals surface area contributed by atoms with Gasteiger partial charge in [0, 0.05) is 18.2 Å². The normalized spacial score (nSPS) is 27.9. The van der Waals surface area contributed by atoms with Gasteiger partial charge in [-0.25, -0.2) is 4.79 Å². The highest BCUT2D eigenvalue weighted by Gasteiger charge is 2.37. The maximum atomic E-state index is 11.7. The zero-order valence-corrected chi connectivity index (χ0v) is 10.7. The molecule has 2 N–H and O–H groups in total. The van der Waals surface area contributed by atoms with E-state index in [1.54, 1.807) is 6.92 Å². The van der Waals surface area contributed by atoms with Crippen LogP contribution in [-0.2, 0) is 4.74 Å². The number of aliphatic hydroxyl groups is 1. The summed E-state index contributed by atoms with van der Waals surface area (Å²) in [5.41, 5.74) is -0.455. The molecule has 2 rings (SSSR count). The Morgan fingerprint density at radius 2 is 2.17 bits per heavy atom. The van der Waals surface area contributed by atoms with Crippen LogP contribution in [0.3, 0.4) is 0 Å². The average molecular weight is 254 g/mol. The molecule has 0 unspecified atom stereocenters. The average Bonchev–Trinajstić information content (AvgIpc) is 2.65. The number of aryl methyl sites for hydroxylation is 1. The van der Waals surface area contributed by atoms with E-state index >= 15 is 0 Å². The van der Waals surface area contributed by atoms with Crippen LogP contribution in [0.4, 0.5) is 0 Å². The summed E-state index contributed by atoms with van der Waals surface area (Å²) in [5, 5.41) is 9.89. The van der Waals surface area contributed by atoms with Gasteiger partial charge in [-0.3, -0.25) is 14.3 Å². The highest BCUT2D eigenvalue weighted by Crippen LogP contribution is 2.31. The van der Waals surface area contributed by atoms with Crippen molar-refractivity contribution >= 4 is 0 Å². The molecule has 6 heteroatoms. The topological polar surface area (TPSA) is 84.3 Å². The Balaban J connectivity index is 2.32. The summed E-state index contributed by atoms with van der Waals surface area (Å²) in [6, 6.07) is 0. The fraction of sp³-hybridized carbons (Fsp3) is 0.667. The summed E-state index contributed by atoms with van der Waals surface area (Å²) in [7, 11) is 0. The van der Waals surface area contributed by atoms with Gasteiger partial charge in [0.25, 0.3) is 5.56 Å². The van der Waals surface area contributed by atoms with Crippen molar-refractivity contribution in [2.45, 2.75) is 45.6 Å². The van der Waals surface area contributed by atoms with Crippen molar-refractivity contribution in [3.8, 4) is 0 Å². The summed E-state index contributed by atoms with van der Waals surface area (Å²) >= 11 is 0. The third kappa shape index (κ3) is 2.26. The molecule has 18 heavy (non-hydrogen) atoms. The van der Waals surface area contributed by atoms with Crippen LogP contribution in [0.2, 0.25) is 0 Å². The highest BCUT2D eigenvalue weighted by molar-refractivity contribution is 5.02. The van der Waals surface area contributed by atoms with Gasteiger partial charge in [-0.05, 0) is 12.8 Å². The maximum absolute atomic E-state index is 11.7. The predicted molar refractivity (Wildman–Crippen MR) is 65.4 cm³/mol. The first-order valence-electron chi connectivity index (χ1n) is 6.05. The van der Waals surface area contributed by atoms with E-state index in [1.165, 1.54) is 10.8 Å². The number of aromatic amines is 1. The van der Waals surface area contributed by atoms with Crippen LogP contribution >= 0.6 is 0 Å². The molecule has 0 bridgehead atoms. The number of nitrogens with zero attached hydrogens (tertiary/aromatic N) is 1. The minimum atomic E-state index is -0.589. The Morgan fingerprint density at radius 3 is 2.72 bits per heavy atom. The second-order valence-corrected chi connectivity index (χ2v) is 5.08. The van der Waals surface area contributed by atoms with Crippen LogP contribution in [0.15, 0.2) is 15.8 Å². The standard InChI is InChI=1S/C12H18N2O4/c1-6(2)10-8(15)4-9(18-10)14-5-7(3)11(16)13-12(14)17/h5-6,8-10,15H,4H2,1-3H3,(H,13,16,17)/t8-,9-,10-/m1/s1. The van der Waals surface area contributed by atoms with Crippen LogP contribution in [0.5, 0.6) is 0 Å². The first-order valence-corrected chi connectivity index (χ1v) is 6.05. The number of aromatic nitrogens is 2. The number of aliphatic hydroxyl groups excluding tert-OH is 1. The Kier molecular flexibility index (Phi) is 3.41. The Morgan fingerprint density at radius 1 is 1.50 bits per heavy atom. The number of rotatable bonds is 2. The summed E-state index contributed by atoms with van der Waals surface area (Å²) in [6.45, 7) is 5.54. The van der Waals surface area contributed by atoms with Crippen molar-refractivity contribution in [2.75, 3.05) is 0 Å². The lowest BCUT2D eigenvalue weighted by Crippen LogP contribution is -2.33. The molecule has 100 valence electrons. The summed E-state index contributed by atoms with van der Waals surface area (Å²) in [4.78, 5) is 25.2. The second-order valence-electron chi connectivity index (χ2n) is 5.08. The zero-order chi connectivity index (χ0) is 13.4. The van der Waals surface area contributed by atoms with Crippen molar-refractivity contribution in [3.63, 3.8) is 0 Å². The van der Waals surface area contributed by atoms with E-state index in [-0.39, 0.29) is 12.0 Å².